The van der Waals surface area contributed by atoms with E-state index < -0.39 is 0 Å². The zero-order valence-electron chi connectivity index (χ0n) is 4.89. The van der Waals surface area contributed by atoms with Crippen LogP contribution in [0.2, 0.25) is 0 Å². The molecule has 1 nitrogen and oxygen atoms in total. The van der Waals surface area contributed by atoms with Gasteiger partial charge in [0.05, 0.1) is 12.2 Å². The molecule has 2 unspecified atom stereocenters. The van der Waals surface area contributed by atoms with Crippen LogP contribution in [0.4, 0.5) is 0 Å². The molecule has 2 aliphatic rings. The standard InChI is InChI=1S/C6H8Br2O/c7-3-1-2-4(8)6-5(3)9-6/h3-6H,1-2H2/t3-,4+,5?,6?. The first kappa shape index (κ1) is 6.62. The van der Waals surface area contributed by atoms with E-state index in [4.69, 9.17) is 4.74 Å². The topological polar surface area (TPSA) is 12.5 Å². The van der Waals surface area contributed by atoms with Crippen LogP contribution >= 0.6 is 31.9 Å². The van der Waals surface area contributed by atoms with Crippen LogP contribution in [0.25, 0.3) is 0 Å². The Morgan fingerprint density at radius 1 is 1.00 bits per heavy atom. The van der Waals surface area contributed by atoms with E-state index in [2.05, 4.69) is 31.9 Å². The Bertz CT molecular complexity index is 114. The van der Waals surface area contributed by atoms with Crippen LogP contribution in [0.15, 0.2) is 0 Å². The summed E-state index contributed by atoms with van der Waals surface area (Å²) in [4.78, 5) is 1.24. The Hall–Kier alpha value is 0.920. The summed E-state index contributed by atoms with van der Waals surface area (Å²) in [5.41, 5.74) is 0. The van der Waals surface area contributed by atoms with Gasteiger partial charge in [-0.1, -0.05) is 31.9 Å². The summed E-state index contributed by atoms with van der Waals surface area (Å²) in [5.74, 6) is 0. The maximum absolute atomic E-state index is 5.41. The molecule has 1 aliphatic heterocycles. The Morgan fingerprint density at radius 2 is 1.44 bits per heavy atom. The molecule has 2 fully saturated rings. The number of alkyl halides is 2. The average Bonchev–Trinajstić information content (AvgIpc) is 2.57. The van der Waals surface area contributed by atoms with Crippen molar-refractivity contribution in [3.63, 3.8) is 0 Å². The molecule has 2 rings (SSSR count). The summed E-state index contributed by atoms with van der Waals surface area (Å²) >= 11 is 7.15. The quantitative estimate of drug-likeness (QED) is 0.477. The fourth-order valence-corrected chi connectivity index (χ4v) is 2.74. The fraction of sp³-hybridized carbons (Fsp3) is 1.00. The van der Waals surface area contributed by atoms with Crippen molar-refractivity contribution in [2.45, 2.75) is 34.7 Å². The van der Waals surface area contributed by atoms with Crippen molar-refractivity contribution in [1.82, 2.24) is 0 Å². The van der Waals surface area contributed by atoms with Crippen molar-refractivity contribution >= 4 is 31.9 Å². The average molecular weight is 256 g/mol. The lowest BCUT2D eigenvalue weighted by atomic mass is 10.0. The van der Waals surface area contributed by atoms with Gasteiger partial charge in [0.25, 0.3) is 0 Å². The third-order valence-electron chi connectivity index (χ3n) is 1.99. The van der Waals surface area contributed by atoms with Crippen molar-refractivity contribution in [3.05, 3.63) is 0 Å². The molecular formula is C6H8Br2O. The molecule has 0 aromatic carbocycles. The Kier molecular flexibility index (Phi) is 1.62. The minimum Gasteiger partial charge on any atom is -0.367 e. The first-order valence-corrected chi connectivity index (χ1v) is 5.06. The fourth-order valence-electron chi connectivity index (χ4n) is 1.37. The van der Waals surface area contributed by atoms with Crippen molar-refractivity contribution < 1.29 is 4.74 Å². The van der Waals surface area contributed by atoms with Gasteiger partial charge in [-0.15, -0.1) is 0 Å². The number of epoxide rings is 1. The van der Waals surface area contributed by atoms with Crippen molar-refractivity contribution in [3.8, 4) is 0 Å². The van der Waals surface area contributed by atoms with E-state index in [-0.39, 0.29) is 0 Å². The molecule has 0 amide bonds. The van der Waals surface area contributed by atoms with E-state index in [9.17, 15) is 0 Å². The number of hydrogen-bond donors (Lipinski definition) is 0. The Labute approximate surface area is 71.4 Å². The molecule has 9 heavy (non-hydrogen) atoms. The van der Waals surface area contributed by atoms with Gasteiger partial charge in [0.2, 0.25) is 0 Å². The first-order valence-electron chi connectivity index (χ1n) is 3.22. The molecule has 1 heterocycles. The number of fused-ring (bicyclic) bond motifs is 1. The number of rotatable bonds is 0. The van der Waals surface area contributed by atoms with Gasteiger partial charge in [-0.3, -0.25) is 0 Å². The molecule has 0 radical (unpaired) electrons. The minimum absolute atomic E-state index is 0.517. The molecule has 0 aromatic rings. The highest BCUT2D eigenvalue weighted by Crippen LogP contribution is 2.43. The molecule has 52 valence electrons. The van der Waals surface area contributed by atoms with Crippen LogP contribution in [0.1, 0.15) is 12.8 Å². The van der Waals surface area contributed by atoms with E-state index in [0.717, 1.165) is 0 Å². The van der Waals surface area contributed by atoms with Crippen LogP contribution in [-0.2, 0) is 4.74 Å². The summed E-state index contributed by atoms with van der Waals surface area (Å²) in [6, 6.07) is 0. The van der Waals surface area contributed by atoms with Crippen molar-refractivity contribution in [2.24, 2.45) is 0 Å². The zero-order valence-corrected chi connectivity index (χ0v) is 8.06. The molecule has 1 aliphatic carbocycles. The second-order valence-corrected chi connectivity index (χ2v) is 5.03. The van der Waals surface area contributed by atoms with Crippen molar-refractivity contribution in [1.29, 1.82) is 0 Å². The smallest absolute Gasteiger partial charge is 0.0978 e. The van der Waals surface area contributed by atoms with Gasteiger partial charge in [-0.2, -0.15) is 0 Å². The highest BCUT2D eigenvalue weighted by Gasteiger charge is 2.50. The summed E-state index contributed by atoms with van der Waals surface area (Å²) < 4.78 is 5.41. The van der Waals surface area contributed by atoms with Gasteiger partial charge < -0.3 is 4.74 Å². The highest BCUT2D eigenvalue weighted by atomic mass is 79.9. The van der Waals surface area contributed by atoms with Gasteiger partial charge in [0.15, 0.2) is 0 Å². The second-order valence-electron chi connectivity index (χ2n) is 2.67. The summed E-state index contributed by atoms with van der Waals surface area (Å²) in [6.45, 7) is 0. The van der Waals surface area contributed by atoms with E-state index in [1.54, 1.807) is 0 Å². The molecule has 1 saturated heterocycles. The summed E-state index contributed by atoms with van der Waals surface area (Å²) in [7, 11) is 0. The number of halogens is 2. The van der Waals surface area contributed by atoms with Crippen LogP contribution < -0.4 is 0 Å². The largest absolute Gasteiger partial charge is 0.367 e. The SMILES string of the molecule is Br[C@@H]1CC[C@H](Br)C2OC21. The molecular weight excluding hydrogens is 248 g/mol. The molecule has 3 heteroatoms. The van der Waals surface area contributed by atoms with Gasteiger partial charge in [-0.25, -0.2) is 0 Å². The monoisotopic (exact) mass is 254 g/mol. The van der Waals surface area contributed by atoms with Gasteiger partial charge in [0.1, 0.15) is 0 Å². The van der Waals surface area contributed by atoms with Gasteiger partial charge in [-0.05, 0) is 12.8 Å². The molecule has 0 bridgehead atoms. The third-order valence-corrected chi connectivity index (χ3v) is 3.95. The minimum atomic E-state index is 0.517. The van der Waals surface area contributed by atoms with E-state index in [1.165, 1.54) is 12.8 Å². The van der Waals surface area contributed by atoms with Gasteiger partial charge >= 0.3 is 0 Å². The van der Waals surface area contributed by atoms with Crippen LogP contribution in [0.3, 0.4) is 0 Å². The summed E-state index contributed by atoms with van der Waals surface area (Å²) in [5, 5.41) is 0. The lowest BCUT2D eigenvalue weighted by Crippen LogP contribution is -2.23. The highest BCUT2D eigenvalue weighted by molar-refractivity contribution is 9.10. The lowest BCUT2D eigenvalue weighted by molar-refractivity contribution is 0.379. The molecule has 0 N–H and O–H groups in total. The Balaban J connectivity index is 2.01. The predicted octanol–water partition coefficient (Wildman–Crippen LogP) is 2.07. The van der Waals surface area contributed by atoms with Crippen LogP contribution in [-0.4, -0.2) is 21.9 Å². The van der Waals surface area contributed by atoms with Crippen molar-refractivity contribution in [2.75, 3.05) is 0 Å². The second kappa shape index (κ2) is 2.21. The predicted molar refractivity (Wildman–Crippen MR) is 43.3 cm³/mol. The maximum Gasteiger partial charge on any atom is 0.0978 e. The molecule has 0 spiro atoms. The Morgan fingerprint density at radius 3 is 1.89 bits per heavy atom. The van der Waals surface area contributed by atoms with Gasteiger partial charge in [0, 0.05) is 9.65 Å². The number of hydrogen-bond acceptors (Lipinski definition) is 1. The molecule has 4 atom stereocenters. The summed E-state index contributed by atoms with van der Waals surface area (Å²) in [6.07, 6.45) is 3.53. The van der Waals surface area contributed by atoms with E-state index in [0.29, 0.717) is 21.9 Å². The zero-order chi connectivity index (χ0) is 6.43. The normalized spacial score (nSPS) is 56.7. The molecule has 1 saturated carbocycles. The van der Waals surface area contributed by atoms with E-state index >= 15 is 0 Å². The van der Waals surface area contributed by atoms with Crippen LogP contribution in [0.5, 0.6) is 0 Å². The third kappa shape index (κ3) is 1.08. The lowest BCUT2D eigenvalue weighted by Gasteiger charge is -2.15. The van der Waals surface area contributed by atoms with Crippen LogP contribution in [0, 0.1) is 0 Å². The van der Waals surface area contributed by atoms with E-state index in [1.807, 2.05) is 0 Å². The maximum atomic E-state index is 5.41. The number of ether oxygens (including phenoxy) is 1. The molecule has 0 aromatic heterocycles. The first-order chi connectivity index (χ1) is 4.29.